The quantitative estimate of drug-likeness (QED) is 0.662. The third kappa shape index (κ3) is 5.79. The summed E-state index contributed by atoms with van der Waals surface area (Å²) in [4.78, 5) is 22.6. The lowest BCUT2D eigenvalue weighted by atomic mass is 10.1. The minimum Gasteiger partial charge on any atom is -0.358 e. The molecule has 0 saturated carbocycles. The molecule has 1 unspecified atom stereocenters. The van der Waals surface area contributed by atoms with Gasteiger partial charge in [0.2, 0.25) is 5.91 Å². The predicted molar refractivity (Wildman–Crippen MR) is 64.1 cm³/mol. The van der Waals surface area contributed by atoms with Crippen molar-refractivity contribution in [3.05, 3.63) is 0 Å². The molecule has 4 nitrogen and oxygen atoms in total. The molecule has 15 heavy (non-hydrogen) atoms. The average molecular weight is 232 g/mol. The lowest BCUT2D eigenvalue weighted by Crippen LogP contribution is -2.43. The van der Waals surface area contributed by atoms with Crippen molar-refractivity contribution in [1.29, 1.82) is 0 Å². The fraction of sp³-hybridized carbons (Fsp3) is 0.800. The normalized spacial score (nSPS) is 12.6. The number of nitrogens with one attached hydrogen (secondary N) is 2. The van der Waals surface area contributed by atoms with Gasteiger partial charge >= 0.3 is 0 Å². The zero-order valence-electron chi connectivity index (χ0n) is 9.79. The van der Waals surface area contributed by atoms with Crippen molar-refractivity contribution in [3.63, 3.8) is 0 Å². The lowest BCUT2D eigenvalue weighted by molar-refractivity contribution is -0.122. The van der Waals surface area contributed by atoms with Crippen LogP contribution in [0.15, 0.2) is 0 Å². The van der Waals surface area contributed by atoms with E-state index < -0.39 is 0 Å². The number of carbonyl (C=O) groups excluding carboxylic acids is 2. The molecule has 1 amide bonds. The monoisotopic (exact) mass is 232 g/mol. The van der Waals surface area contributed by atoms with Crippen LogP contribution in [-0.4, -0.2) is 43.3 Å². The molecule has 0 heterocycles. The molecule has 0 aromatic rings. The minimum atomic E-state index is -0.222. The highest BCUT2D eigenvalue weighted by molar-refractivity contribution is 8.00. The van der Waals surface area contributed by atoms with Gasteiger partial charge in [0, 0.05) is 18.7 Å². The van der Waals surface area contributed by atoms with E-state index >= 15 is 0 Å². The van der Waals surface area contributed by atoms with Gasteiger partial charge < -0.3 is 10.6 Å². The average Bonchev–Trinajstić information content (AvgIpc) is 2.22. The standard InChI is InChI=1S/C10H20N2O2S/c1-7(2)9(13)6-15-5-8(11-3)10(14)12-4/h7-8,11H,5-6H2,1-4H3,(H,12,14). The summed E-state index contributed by atoms with van der Waals surface area (Å²) in [6.45, 7) is 3.77. The summed E-state index contributed by atoms with van der Waals surface area (Å²) < 4.78 is 0. The molecular weight excluding hydrogens is 212 g/mol. The van der Waals surface area contributed by atoms with E-state index in [9.17, 15) is 9.59 Å². The number of thioether (sulfide) groups is 1. The van der Waals surface area contributed by atoms with Crippen LogP contribution in [0.1, 0.15) is 13.8 Å². The number of hydrogen-bond donors (Lipinski definition) is 2. The maximum absolute atomic E-state index is 11.3. The van der Waals surface area contributed by atoms with E-state index in [1.165, 1.54) is 11.8 Å². The molecule has 0 aliphatic heterocycles. The van der Waals surface area contributed by atoms with Gasteiger partial charge in [0.05, 0.1) is 11.8 Å². The Morgan fingerprint density at radius 3 is 2.27 bits per heavy atom. The van der Waals surface area contributed by atoms with Crippen LogP contribution in [-0.2, 0) is 9.59 Å². The van der Waals surface area contributed by atoms with Crippen LogP contribution in [0.4, 0.5) is 0 Å². The Bertz CT molecular complexity index is 219. The Labute approximate surface area is 95.6 Å². The van der Waals surface area contributed by atoms with Crippen LogP contribution in [0.2, 0.25) is 0 Å². The number of hydrogen-bond acceptors (Lipinski definition) is 4. The van der Waals surface area contributed by atoms with Crippen LogP contribution in [0, 0.1) is 5.92 Å². The Morgan fingerprint density at radius 2 is 1.87 bits per heavy atom. The summed E-state index contributed by atoms with van der Waals surface area (Å²) in [5.74, 6) is 1.36. The van der Waals surface area contributed by atoms with Gasteiger partial charge in [-0.05, 0) is 7.05 Å². The third-order valence-corrected chi connectivity index (χ3v) is 3.14. The third-order valence-electron chi connectivity index (χ3n) is 2.08. The van der Waals surface area contributed by atoms with Crippen LogP contribution < -0.4 is 10.6 Å². The van der Waals surface area contributed by atoms with Crippen molar-refractivity contribution < 1.29 is 9.59 Å². The summed E-state index contributed by atoms with van der Waals surface area (Å²) in [5.41, 5.74) is 0. The Balaban J connectivity index is 3.82. The van der Waals surface area contributed by atoms with Crippen LogP contribution in [0.25, 0.3) is 0 Å². The highest BCUT2D eigenvalue weighted by Gasteiger charge is 2.15. The van der Waals surface area contributed by atoms with Gasteiger partial charge in [-0.2, -0.15) is 11.8 Å². The van der Waals surface area contributed by atoms with Crippen molar-refractivity contribution in [2.75, 3.05) is 25.6 Å². The first-order valence-corrected chi connectivity index (χ1v) is 6.17. The van der Waals surface area contributed by atoms with E-state index in [0.29, 0.717) is 11.5 Å². The van der Waals surface area contributed by atoms with Crippen LogP contribution >= 0.6 is 11.8 Å². The molecule has 0 aromatic carbocycles. The largest absolute Gasteiger partial charge is 0.358 e. The van der Waals surface area contributed by atoms with Gasteiger partial charge in [0.25, 0.3) is 0 Å². The molecule has 0 aliphatic rings. The van der Waals surface area contributed by atoms with E-state index in [1.807, 2.05) is 13.8 Å². The number of Topliss-reactive ketones (excluding diaryl/α,β-unsaturated/α-hetero) is 1. The second kappa shape index (κ2) is 7.70. The summed E-state index contributed by atoms with van der Waals surface area (Å²) in [7, 11) is 3.35. The highest BCUT2D eigenvalue weighted by atomic mass is 32.2. The Kier molecular flexibility index (Phi) is 7.42. The second-order valence-electron chi connectivity index (χ2n) is 3.59. The molecule has 88 valence electrons. The zero-order chi connectivity index (χ0) is 11.8. The summed E-state index contributed by atoms with van der Waals surface area (Å²) >= 11 is 1.49. The van der Waals surface area contributed by atoms with Crippen LogP contribution in [0.5, 0.6) is 0 Å². The maximum Gasteiger partial charge on any atom is 0.237 e. The first-order valence-electron chi connectivity index (χ1n) is 5.02. The molecule has 0 saturated heterocycles. The van der Waals surface area contributed by atoms with Gasteiger partial charge in [-0.1, -0.05) is 13.8 Å². The maximum atomic E-state index is 11.3. The SMILES string of the molecule is CNC(=O)C(CSCC(=O)C(C)C)NC. The summed E-state index contributed by atoms with van der Waals surface area (Å²) in [6.07, 6.45) is 0. The van der Waals surface area contributed by atoms with Crippen molar-refractivity contribution >= 4 is 23.5 Å². The first-order chi connectivity index (χ1) is 7.02. The Hall–Kier alpha value is -0.550. The predicted octanol–water partition coefficient (Wildman–Crippen LogP) is 0.279. The van der Waals surface area contributed by atoms with E-state index in [4.69, 9.17) is 0 Å². The van der Waals surface area contributed by atoms with Gasteiger partial charge in [0.15, 0.2) is 0 Å². The van der Waals surface area contributed by atoms with Crippen LogP contribution in [0.3, 0.4) is 0 Å². The smallest absolute Gasteiger partial charge is 0.237 e. The zero-order valence-corrected chi connectivity index (χ0v) is 10.6. The first kappa shape index (κ1) is 14.5. The Morgan fingerprint density at radius 1 is 1.27 bits per heavy atom. The minimum absolute atomic E-state index is 0.0398. The van der Waals surface area contributed by atoms with Gasteiger partial charge in [-0.25, -0.2) is 0 Å². The number of carbonyl (C=O) groups is 2. The van der Waals surface area contributed by atoms with Crippen molar-refractivity contribution in [3.8, 4) is 0 Å². The van der Waals surface area contributed by atoms with E-state index in [0.717, 1.165) is 0 Å². The summed E-state index contributed by atoms with van der Waals surface area (Å²) in [5, 5.41) is 5.49. The number of ketones is 1. The fourth-order valence-corrected chi connectivity index (χ4v) is 2.11. The molecule has 0 bridgehead atoms. The molecule has 0 aromatic heterocycles. The van der Waals surface area contributed by atoms with Gasteiger partial charge in [-0.15, -0.1) is 0 Å². The summed E-state index contributed by atoms with van der Waals surface area (Å²) in [6, 6.07) is -0.222. The molecule has 0 aliphatic carbocycles. The topological polar surface area (TPSA) is 58.2 Å². The fourth-order valence-electron chi connectivity index (χ4n) is 0.908. The molecule has 0 radical (unpaired) electrons. The molecule has 0 fully saturated rings. The molecule has 2 N–H and O–H groups in total. The van der Waals surface area contributed by atoms with Crippen molar-refractivity contribution in [1.82, 2.24) is 10.6 Å². The number of amides is 1. The number of likely N-dealkylation sites (N-methyl/N-ethyl adjacent to an activating group) is 2. The molecule has 5 heteroatoms. The molecular formula is C10H20N2O2S. The molecule has 1 atom stereocenters. The number of rotatable bonds is 7. The van der Waals surface area contributed by atoms with Gasteiger partial charge in [-0.3, -0.25) is 9.59 Å². The highest BCUT2D eigenvalue weighted by Crippen LogP contribution is 2.07. The van der Waals surface area contributed by atoms with E-state index in [-0.39, 0.29) is 23.7 Å². The molecule has 0 spiro atoms. The second-order valence-corrected chi connectivity index (χ2v) is 4.62. The van der Waals surface area contributed by atoms with Gasteiger partial charge in [0.1, 0.15) is 5.78 Å². The van der Waals surface area contributed by atoms with Crippen molar-refractivity contribution in [2.24, 2.45) is 5.92 Å². The van der Waals surface area contributed by atoms with E-state index in [1.54, 1.807) is 14.1 Å². The molecule has 0 rings (SSSR count). The van der Waals surface area contributed by atoms with Crippen molar-refractivity contribution in [2.45, 2.75) is 19.9 Å². The lowest BCUT2D eigenvalue weighted by Gasteiger charge is -2.13. The van der Waals surface area contributed by atoms with E-state index in [2.05, 4.69) is 10.6 Å².